The van der Waals surface area contributed by atoms with Gasteiger partial charge in [0.15, 0.2) is 0 Å². The van der Waals surface area contributed by atoms with Crippen LogP contribution in [0.2, 0.25) is 19.6 Å². The zero-order valence-corrected chi connectivity index (χ0v) is 36.5. The molecular weight excluding hydrogens is 917 g/mol. The molecule has 291 valence electrons. The van der Waals surface area contributed by atoms with E-state index in [0.717, 1.165) is 83.7 Å². The van der Waals surface area contributed by atoms with Gasteiger partial charge >= 0.3 is 0 Å². The molecule has 1 radical (unpaired) electrons. The van der Waals surface area contributed by atoms with Gasteiger partial charge in [0.2, 0.25) is 5.71 Å². The number of benzene rings is 6. The van der Waals surface area contributed by atoms with Crippen LogP contribution >= 0.6 is 0 Å². The quantitative estimate of drug-likeness (QED) is 0.123. The van der Waals surface area contributed by atoms with Crippen molar-refractivity contribution < 1.29 is 28.6 Å². The molecule has 0 aliphatic heterocycles. The number of imidazole rings is 1. The Hall–Kier alpha value is -6.24. The third kappa shape index (κ3) is 7.97. The standard InChI is InChI=1S/C37H24N3O.C15H18NSi.Ir/c1-24-19-21-30-29-15-10-16-31(35(29)41-37(30)38-24)36-39-32-17-8-9-18-33(32)40(36)34-23-27(25-11-4-2-5-12-25)20-22-28(34)26-13-6-3-7-14-26;1-12-5-7-13(8-6-12)15-10-9-14(11-16-15)17(2,3)4;/h2-15,17-23H,1H3;5-7,9-11H,1-4H3;/q2*-1;/i;1D3;. The summed E-state index contributed by atoms with van der Waals surface area (Å²) in [5.74, 6) is 0.773. The van der Waals surface area contributed by atoms with E-state index in [-0.39, 0.29) is 20.1 Å². The van der Waals surface area contributed by atoms with E-state index in [1.54, 1.807) is 12.1 Å². The molecule has 5 nitrogen and oxygen atoms in total. The van der Waals surface area contributed by atoms with Crippen LogP contribution in [0.25, 0.3) is 83.7 Å². The SMILES string of the molecule is Cc1ccc2c(n1)oc1c(-c3nc4ccccc4n3-c3cc(-c4ccccc4)ccc3-c3ccccc3)[c-]ccc12.[2H]C([2H])([2H])c1c[c-]c(-c2ccc([Si](C)(C)C)cn2)cc1.[Ir]. The van der Waals surface area contributed by atoms with E-state index in [4.69, 9.17) is 13.5 Å². The molecule has 0 fully saturated rings. The van der Waals surface area contributed by atoms with Crippen LogP contribution in [0, 0.1) is 25.9 Å². The second kappa shape index (κ2) is 16.6. The van der Waals surface area contributed by atoms with Crippen molar-refractivity contribution in [3.8, 4) is 50.6 Å². The van der Waals surface area contributed by atoms with E-state index >= 15 is 0 Å². The van der Waals surface area contributed by atoms with Crippen LogP contribution in [0.15, 0.2) is 168 Å². The first-order chi connectivity index (χ1) is 29.4. The van der Waals surface area contributed by atoms with Crippen molar-refractivity contribution in [3.05, 3.63) is 187 Å². The van der Waals surface area contributed by atoms with Gasteiger partial charge in [-0.3, -0.25) is 4.98 Å². The number of rotatable bonds is 6. The van der Waals surface area contributed by atoms with Gasteiger partial charge in [0.25, 0.3) is 0 Å². The fraction of sp³-hybridized carbons (Fsp3) is 0.0962. The molecule has 4 heterocycles. The molecule has 4 aromatic heterocycles. The number of hydrogen-bond donors (Lipinski definition) is 0. The number of fused-ring (bicyclic) bond motifs is 4. The van der Waals surface area contributed by atoms with E-state index < -0.39 is 14.9 Å². The number of furan rings is 1. The minimum Gasteiger partial charge on any atom is -0.486 e. The second-order valence-electron chi connectivity index (χ2n) is 15.4. The Kier molecular flexibility index (Phi) is 10.1. The Morgan fingerprint density at radius 1 is 0.695 bits per heavy atom. The van der Waals surface area contributed by atoms with Crippen LogP contribution in [0.4, 0.5) is 0 Å². The molecule has 10 aromatic rings. The summed E-state index contributed by atoms with van der Waals surface area (Å²) in [4.78, 5) is 14.3. The minimum atomic E-state index is -2.08. The topological polar surface area (TPSA) is 56.7 Å². The van der Waals surface area contributed by atoms with Crippen molar-refractivity contribution in [2.75, 3.05) is 0 Å². The summed E-state index contributed by atoms with van der Waals surface area (Å²) in [7, 11) is -1.34. The van der Waals surface area contributed by atoms with Gasteiger partial charge in [0.1, 0.15) is 0 Å². The molecule has 6 aromatic carbocycles. The van der Waals surface area contributed by atoms with Crippen LogP contribution in [-0.4, -0.2) is 27.6 Å². The van der Waals surface area contributed by atoms with Crippen molar-refractivity contribution in [2.24, 2.45) is 0 Å². The summed E-state index contributed by atoms with van der Waals surface area (Å²) in [6.07, 6.45) is 1.92. The molecule has 0 saturated carbocycles. The van der Waals surface area contributed by atoms with Crippen LogP contribution in [0.3, 0.4) is 0 Å². The molecule has 0 aliphatic rings. The van der Waals surface area contributed by atoms with Crippen LogP contribution in [0.5, 0.6) is 0 Å². The Bertz CT molecular complexity index is 3100. The summed E-state index contributed by atoms with van der Waals surface area (Å²) >= 11 is 0. The van der Waals surface area contributed by atoms with Gasteiger partial charge < -0.3 is 14.0 Å². The summed E-state index contributed by atoms with van der Waals surface area (Å²) < 4.78 is 30.7. The van der Waals surface area contributed by atoms with Crippen molar-refractivity contribution in [2.45, 2.75) is 33.4 Å². The molecule has 0 saturated heterocycles. The van der Waals surface area contributed by atoms with Crippen LogP contribution < -0.4 is 5.19 Å². The average Bonchev–Trinajstić information content (AvgIpc) is 3.85. The van der Waals surface area contributed by atoms with Crippen molar-refractivity contribution in [1.29, 1.82) is 0 Å². The molecule has 0 atom stereocenters. The first-order valence-corrected chi connectivity index (χ1v) is 22.9. The molecular formula is C52H42IrN4OSi-2. The molecule has 0 aliphatic carbocycles. The predicted molar refractivity (Wildman–Crippen MR) is 242 cm³/mol. The first kappa shape index (κ1) is 35.9. The molecule has 0 N–H and O–H groups in total. The van der Waals surface area contributed by atoms with Gasteiger partial charge in [-0.15, -0.1) is 53.6 Å². The third-order valence-electron chi connectivity index (χ3n) is 10.4. The van der Waals surface area contributed by atoms with E-state index in [0.29, 0.717) is 11.3 Å². The number of hydrogen-bond acceptors (Lipinski definition) is 4. The first-order valence-electron chi connectivity index (χ1n) is 20.9. The Morgan fingerprint density at radius 2 is 1.46 bits per heavy atom. The molecule has 0 bridgehead atoms. The maximum Gasteiger partial charge on any atom is 0.216 e. The predicted octanol–water partition coefficient (Wildman–Crippen LogP) is 12.8. The molecule has 0 spiro atoms. The van der Waals surface area contributed by atoms with E-state index in [1.807, 2.05) is 55.6 Å². The van der Waals surface area contributed by atoms with Gasteiger partial charge in [-0.1, -0.05) is 135 Å². The summed E-state index contributed by atoms with van der Waals surface area (Å²) in [6.45, 7) is 6.73. The van der Waals surface area contributed by atoms with E-state index in [1.165, 1.54) is 11.3 Å². The molecule has 59 heavy (non-hydrogen) atoms. The number of pyridine rings is 2. The Labute approximate surface area is 364 Å². The Balaban J connectivity index is 0.000000214. The average molecular weight is 962 g/mol. The van der Waals surface area contributed by atoms with Gasteiger partial charge in [0, 0.05) is 52.7 Å². The second-order valence-corrected chi connectivity index (χ2v) is 20.5. The largest absolute Gasteiger partial charge is 0.486 e. The molecule has 10 rings (SSSR count). The molecule has 7 heteroatoms. The van der Waals surface area contributed by atoms with Crippen molar-refractivity contribution in [1.82, 2.24) is 19.5 Å². The van der Waals surface area contributed by atoms with Crippen LogP contribution in [-0.2, 0) is 20.1 Å². The smallest absolute Gasteiger partial charge is 0.216 e. The number of aromatic nitrogens is 4. The summed E-state index contributed by atoms with van der Waals surface area (Å²) in [6, 6.07) is 59.5. The Morgan fingerprint density at radius 3 is 2.17 bits per heavy atom. The maximum atomic E-state index is 7.35. The van der Waals surface area contributed by atoms with Crippen molar-refractivity contribution >= 4 is 46.4 Å². The number of para-hydroxylation sites is 2. The van der Waals surface area contributed by atoms with Gasteiger partial charge in [-0.05, 0) is 64.8 Å². The summed E-state index contributed by atoms with van der Waals surface area (Å²) in [5.41, 5.74) is 12.5. The van der Waals surface area contributed by atoms with Gasteiger partial charge in [0.05, 0.1) is 30.5 Å². The van der Waals surface area contributed by atoms with Gasteiger partial charge in [-0.25, -0.2) is 4.98 Å². The van der Waals surface area contributed by atoms with Crippen molar-refractivity contribution in [3.63, 3.8) is 0 Å². The van der Waals surface area contributed by atoms with E-state index in [9.17, 15) is 0 Å². The maximum absolute atomic E-state index is 7.35. The van der Waals surface area contributed by atoms with E-state index in [2.05, 4.69) is 143 Å². The zero-order chi connectivity index (χ0) is 42.3. The number of aryl methyl sites for hydroxylation is 2. The number of nitrogens with zero attached hydrogens (tertiary/aromatic N) is 4. The zero-order valence-electron chi connectivity index (χ0n) is 36.1. The van der Waals surface area contributed by atoms with Crippen LogP contribution in [0.1, 0.15) is 15.4 Å². The monoisotopic (exact) mass is 962 g/mol. The molecule has 0 amide bonds. The minimum absolute atomic E-state index is 0. The van der Waals surface area contributed by atoms with Gasteiger partial charge in [-0.2, -0.15) is 0 Å². The summed E-state index contributed by atoms with van der Waals surface area (Å²) in [5, 5.41) is 3.29. The molecule has 0 unspecified atom stereocenters. The normalized spacial score (nSPS) is 12.3. The fourth-order valence-corrected chi connectivity index (χ4v) is 8.32. The fourth-order valence-electron chi connectivity index (χ4n) is 7.29. The third-order valence-corrected chi connectivity index (χ3v) is 12.4.